The monoisotopic (exact) mass is 249 g/mol. The summed E-state index contributed by atoms with van der Waals surface area (Å²) in [5.74, 6) is 0.136. The highest BCUT2D eigenvalue weighted by Gasteiger charge is 2.20. The first-order chi connectivity index (χ1) is 7.88. The molecule has 90 valence electrons. The summed E-state index contributed by atoms with van der Waals surface area (Å²) in [6.45, 7) is 6.17. The van der Waals surface area contributed by atoms with E-state index in [1.807, 2.05) is 18.2 Å². The fourth-order valence-electron chi connectivity index (χ4n) is 1.94. The molecule has 1 heterocycles. The molecule has 1 N–H and O–H groups in total. The Balaban J connectivity index is 2.46. The van der Waals surface area contributed by atoms with E-state index in [0.29, 0.717) is 17.0 Å². The molecule has 0 saturated carbocycles. The van der Waals surface area contributed by atoms with Crippen LogP contribution in [0.25, 0.3) is 10.9 Å². The molecule has 0 amide bonds. The molecule has 2 aromatic rings. The zero-order chi connectivity index (χ0) is 12.6. The molecule has 0 aliphatic rings. The summed E-state index contributed by atoms with van der Waals surface area (Å²) >= 11 is 6.15. The van der Waals surface area contributed by atoms with E-state index >= 15 is 0 Å². The molecule has 0 spiro atoms. The van der Waals surface area contributed by atoms with E-state index in [0.717, 1.165) is 10.9 Å². The van der Waals surface area contributed by atoms with Crippen molar-refractivity contribution < 1.29 is 4.79 Å². The standard InChI is InChI=1S/C14H16ClNO/c1-14(2,3)7-12(17)9-8-16-11-6-4-5-10(15)13(9)11/h4-6,8,16H,7H2,1-3H3. The molecular weight excluding hydrogens is 234 g/mol. The molecule has 0 saturated heterocycles. The van der Waals surface area contributed by atoms with Gasteiger partial charge >= 0.3 is 0 Å². The van der Waals surface area contributed by atoms with Gasteiger partial charge in [-0.25, -0.2) is 0 Å². The number of benzene rings is 1. The van der Waals surface area contributed by atoms with E-state index in [1.54, 1.807) is 6.20 Å². The minimum absolute atomic E-state index is 0.0120. The minimum atomic E-state index is -0.0120. The molecule has 0 aliphatic carbocycles. The third-order valence-corrected chi connectivity index (χ3v) is 2.96. The summed E-state index contributed by atoms with van der Waals surface area (Å²) in [7, 11) is 0. The van der Waals surface area contributed by atoms with Crippen LogP contribution in [-0.4, -0.2) is 10.8 Å². The number of aromatic nitrogens is 1. The Morgan fingerprint density at radius 1 is 1.35 bits per heavy atom. The predicted molar refractivity (Wildman–Crippen MR) is 71.7 cm³/mol. The van der Waals surface area contributed by atoms with Crippen LogP contribution < -0.4 is 0 Å². The average molecular weight is 250 g/mol. The number of carbonyl (C=O) groups is 1. The van der Waals surface area contributed by atoms with Gasteiger partial charge in [-0.1, -0.05) is 38.4 Å². The van der Waals surface area contributed by atoms with Crippen LogP contribution in [0.4, 0.5) is 0 Å². The van der Waals surface area contributed by atoms with Crippen LogP contribution >= 0.6 is 11.6 Å². The van der Waals surface area contributed by atoms with Gasteiger partial charge < -0.3 is 4.98 Å². The lowest BCUT2D eigenvalue weighted by molar-refractivity contribution is 0.0941. The maximum atomic E-state index is 12.2. The maximum Gasteiger partial charge on any atom is 0.165 e. The minimum Gasteiger partial charge on any atom is -0.360 e. The van der Waals surface area contributed by atoms with Gasteiger partial charge in [-0.05, 0) is 17.5 Å². The van der Waals surface area contributed by atoms with Crippen LogP contribution in [0, 0.1) is 5.41 Å². The van der Waals surface area contributed by atoms with E-state index < -0.39 is 0 Å². The van der Waals surface area contributed by atoms with Crippen molar-refractivity contribution in [1.29, 1.82) is 0 Å². The second kappa shape index (κ2) is 4.19. The number of nitrogens with one attached hydrogen (secondary N) is 1. The van der Waals surface area contributed by atoms with Crippen molar-refractivity contribution in [3.8, 4) is 0 Å². The van der Waals surface area contributed by atoms with Crippen LogP contribution in [0.2, 0.25) is 5.02 Å². The quantitative estimate of drug-likeness (QED) is 0.784. The number of ketones is 1. The fraction of sp³-hybridized carbons (Fsp3) is 0.357. The summed E-state index contributed by atoms with van der Waals surface area (Å²) in [5.41, 5.74) is 1.59. The number of H-pyrrole nitrogens is 1. The number of fused-ring (bicyclic) bond motifs is 1. The van der Waals surface area contributed by atoms with Crippen molar-refractivity contribution in [2.24, 2.45) is 5.41 Å². The number of carbonyl (C=O) groups excluding carboxylic acids is 1. The number of hydrogen-bond acceptors (Lipinski definition) is 1. The molecule has 2 nitrogen and oxygen atoms in total. The molecule has 0 fully saturated rings. The summed E-state index contributed by atoms with van der Waals surface area (Å²) in [6.07, 6.45) is 2.27. The lowest BCUT2D eigenvalue weighted by Crippen LogP contribution is -2.12. The zero-order valence-corrected chi connectivity index (χ0v) is 11.1. The van der Waals surface area contributed by atoms with Gasteiger partial charge in [0.25, 0.3) is 0 Å². The summed E-state index contributed by atoms with van der Waals surface area (Å²) < 4.78 is 0. The first kappa shape index (κ1) is 12.2. The Hall–Kier alpha value is -1.28. The maximum absolute atomic E-state index is 12.2. The Morgan fingerprint density at radius 2 is 2.06 bits per heavy atom. The van der Waals surface area contributed by atoms with Gasteiger partial charge in [0.2, 0.25) is 0 Å². The number of aromatic amines is 1. The molecule has 0 bridgehead atoms. The molecule has 2 rings (SSSR count). The first-order valence-corrected chi connectivity index (χ1v) is 6.05. The summed E-state index contributed by atoms with van der Waals surface area (Å²) in [4.78, 5) is 15.3. The highest BCUT2D eigenvalue weighted by Crippen LogP contribution is 2.29. The van der Waals surface area contributed by atoms with Crippen LogP contribution in [-0.2, 0) is 0 Å². The molecular formula is C14H16ClNO. The lowest BCUT2D eigenvalue weighted by Gasteiger charge is -2.16. The van der Waals surface area contributed by atoms with Gasteiger partial charge in [-0.2, -0.15) is 0 Å². The van der Waals surface area contributed by atoms with Gasteiger partial charge in [-0.15, -0.1) is 0 Å². The number of Topliss-reactive ketones (excluding diaryl/α,β-unsaturated/α-hetero) is 1. The van der Waals surface area contributed by atoms with Gasteiger partial charge in [0.1, 0.15) is 0 Å². The Morgan fingerprint density at radius 3 is 2.71 bits per heavy atom. The second-order valence-corrected chi connectivity index (χ2v) is 5.93. The van der Waals surface area contributed by atoms with E-state index in [1.165, 1.54) is 0 Å². The van der Waals surface area contributed by atoms with Crippen molar-refractivity contribution in [3.05, 3.63) is 35.0 Å². The average Bonchev–Trinajstić information content (AvgIpc) is 2.60. The van der Waals surface area contributed by atoms with Gasteiger partial charge in [-0.3, -0.25) is 4.79 Å². The van der Waals surface area contributed by atoms with E-state index in [9.17, 15) is 4.79 Å². The third kappa shape index (κ3) is 2.52. The molecule has 0 radical (unpaired) electrons. The van der Waals surface area contributed by atoms with Crippen LogP contribution in [0.1, 0.15) is 37.6 Å². The molecule has 0 unspecified atom stereocenters. The molecule has 3 heteroatoms. The Labute approximate surface area is 106 Å². The van der Waals surface area contributed by atoms with Gasteiger partial charge in [0.15, 0.2) is 5.78 Å². The zero-order valence-electron chi connectivity index (χ0n) is 10.3. The molecule has 17 heavy (non-hydrogen) atoms. The van der Waals surface area contributed by atoms with Gasteiger partial charge in [0.05, 0.1) is 5.02 Å². The van der Waals surface area contributed by atoms with Crippen molar-refractivity contribution in [3.63, 3.8) is 0 Å². The molecule has 0 aliphatic heterocycles. The van der Waals surface area contributed by atoms with Crippen LogP contribution in [0.15, 0.2) is 24.4 Å². The molecule has 0 atom stereocenters. The fourth-order valence-corrected chi connectivity index (χ4v) is 2.21. The van der Waals surface area contributed by atoms with Crippen molar-refractivity contribution in [2.75, 3.05) is 0 Å². The Kier molecular flexibility index (Phi) is 3.00. The third-order valence-electron chi connectivity index (χ3n) is 2.65. The number of hydrogen-bond donors (Lipinski definition) is 1. The topological polar surface area (TPSA) is 32.9 Å². The van der Waals surface area contributed by atoms with Crippen molar-refractivity contribution in [1.82, 2.24) is 4.98 Å². The van der Waals surface area contributed by atoms with E-state index in [4.69, 9.17) is 11.6 Å². The smallest absolute Gasteiger partial charge is 0.165 e. The number of rotatable bonds is 2. The van der Waals surface area contributed by atoms with Crippen molar-refractivity contribution in [2.45, 2.75) is 27.2 Å². The van der Waals surface area contributed by atoms with Gasteiger partial charge in [0, 0.05) is 29.1 Å². The Bertz CT molecular complexity index is 563. The second-order valence-electron chi connectivity index (χ2n) is 5.53. The SMILES string of the molecule is CC(C)(C)CC(=O)c1c[nH]c2cccc(Cl)c12. The predicted octanol–water partition coefficient (Wildman–Crippen LogP) is 4.44. The first-order valence-electron chi connectivity index (χ1n) is 5.67. The summed E-state index contributed by atoms with van der Waals surface area (Å²) in [6, 6.07) is 5.61. The normalized spacial score (nSPS) is 12.0. The highest BCUT2D eigenvalue weighted by atomic mass is 35.5. The molecule has 1 aromatic heterocycles. The largest absolute Gasteiger partial charge is 0.360 e. The van der Waals surface area contributed by atoms with Crippen LogP contribution in [0.5, 0.6) is 0 Å². The van der Waals surface area contributed by atoms with E-state index in [2.05, 4.69) is 25.8 Å². The van der Waals surface area contributed by atoms with E-state index in [-0.39, 0.29) is 11.2 Å². The lowest BCUT2D eigenvalue weighted by atomic mass is 9.88. The van der Waals surface area contributed by atoms with Crippen LogP contribution in [0.3, 0.4) is 0 Å². The van der Waals surface area contributed by atoms with Crippen molar-refractivity contribution >= 4 is 28.3 Å². The number of halogens is 1. The highest BCUT2D eigenvalue weighted by molar-refractivity contribution is 6.36. The summed E-state index contributed by atoms with van der Waals surface area (Å²) in [5, 5.41) is 1.46. The molecule has 1 aromatic carbocycles.